The summed E-state index contributed by atoms with van der Waals surface area (Å²) in [5.41, 5.74) is 7.14. The van der Waals surface area contributed by atoms with Gasteiger partial charge in [-0.2, -0.15) is 5.26 Å². The van der Waals surface area contributed by atoms with Gasteiger partial charge in [-0.3, -0.25) is 0 Å². The van der Waals surface area contributed by atoms with E-state index in [4.69, 9.17) is 11.0 Å². The van der Waals surface area contributed by atoms with Crippen LogP contribution in [-0.4, -0.2) is 5.11 Å². The average Bonchev–Trinajstić information content (AvgIpc) is 2.17. The molecule has 0 amide bonds. The van der Waals surface area contributed by atoms with Gasteiger partial charge in [0.1, 0.15) is 5.75 Å². The number of nitriles is 1. The summed E-state index contributed by atoms with van der Waals surface area (Å²) in [4.78, 5) is 0. The number of nitrogens with zero attached hydrogens (tertiary/aromatic N) is 1. The second-order valence-corrected chi connectivity index (χ2v) is 4.12. The number of phenols is 1. The summed E-state index contributed by atoms with van der Waals surface area (Å²) in [6, 6.07) is 6.59. The van der Waals surface area contributed by atoms with Gasteiger partial charge in [-0.05, 0) is 30.5 Å². The summed E-state index contributed by atoms with van der Waals surface area (Å²) in [6.45, 7) is 4.15. The highest BCUT2D eigenvalue weighted by atomic mass is 16.3. The highest BCUT2D eigenvalue weighted by Gasteiger charge is 2.13. The van der Waals surface area contributed by atoms with Crippen molar-refractivity contribution in [3.05, 3.63) is 29.3 Å². The average molecular weight is 204 g/mol. The molecule has 3 heteroatoms. The van der Waals surface area contributed by atoms with Crippen LogP contribution in [0, 0.1) is 17.2 Å². The van der Waals surface area contributed by atoms with E-state index in [1.54, 1.807) is 12.1 Å². The summed E-state index contributed by atoms with van der Waals surface area (Å²) in [6.07, 6.45) is 0.794. The van der Waals surface area contributed by atoms with Gasteiger partial charge in [0, 0.05) is 11.6 Å². The zero-order valence-electron chi connectivity index (χ0n) is 9.07. The van der Waals surface area contributed by atoms with Gasteiger partial charge in [0.15, 0.2) is 0 Å². The van der Waals surface area contributed by atoms with Crippen LogP contribution in [0.3, 0.4) is 0 Å². The molecule has 0 fully saturated rings. The van der Waals surface area contributed by atoms with E-state index in [0.717, 1.165) is 6.42 Å². The molecule has 80 valence electrons. The van der Waals surface area contributed by atoms with E-state index in [1.165, 1.54) is 6.07 Å². The maximum Gasteiger partial charge on any atom is 0.120 e. The summed E-state index contributed by atoms with van der Waals surface area (Å²) in [5.74, 6) is 0.632. The quantitative estimate of drug-likeness (QED) is 0.793. The predicted molar refractivity (Wildman–Crippen MR) is 59.2 cm³/mol. The fraction of sp³-hybridized carbons (Fsp3) is 0.417. The lowest BCUT2D eigenvalue weighted by Gasteiger charge is -2.15. The minimum absolute atomic E-state index is 0.169. The Balaban J connectivity index is 2.97. The third kappa shape index (κ3) is 2.97. The number of aromatic hydroxyl groups is 1. The van der Waals surface area contributed by atoms with Crippen LogP contribution in [-0.2, 0) is 0 Å². The second kappa shape index (κ2) is 4.81. The molecule has 1 atom stereocenters. The van der Waals surface area contributed by atoms with Crippen molar-refractivity contribution in [3.8, 4) is 11.8 Å². The fourth-order valence-corrected chi connectivity index (χ4v) is 1.56. The molecule has 15 heavy (non-hydrogen) atoms. The highest BCUT2D eigenvalue weighted by molar-refractivity contribution is 5.42. The summed E-state index contributed by atoms with van der Waals surface area (Å²) < 4.78 is 0. The lowest BCUT2D eigenvalue weighted by molar-refractivity contribution is 0.445. The lowest BCUT2D eigenvalue weighted by Crippen LogP contribution is -2.13. The molecule has 1 rings (SSSR count). The van der Waals surface area contributed by atoms with Crippen molar-refractivity contribution in [2.75, 3.05) is 0 Å². The van der Waals surface area contributed by atoms with Gasteiger partial charge in [-0.15, -0.1) is 0 Å². The van der Waals surface area contributed by atoms with Crippen LogP contribution in [0.5, 0.6) is 5.75 Å². The molecule has 0 aliphatic rings. The van der Waals surface area contributed by atoms with Gasteiger partial charge in [-0.1, -0.05) is 13.8 Å². The van der Waals surface area contributed by atoms with Crippen LogP contribution in [0.15, 0.2) is 18.2 Å². The number of benzene rings is 1. The molecular weight excluding hydrogens is 188 g/mol. The summed E-state index contributed by atoms with van der Waals surface area (Å²) in [7, 11) is 0. The predicted octanol–water partition coefficient (Wildman–Crippen LogP) is 2.31. The third-order valence-corrected chi connectivity index (χ3v) is 2.28. The van der Waals surface area contributed by atoms with E-state index in [-0.39, 0.29) is 11.8 Å². The first-order chi connectivity index (χ1) is 7.04. The van der Waals surface area contributed by atoms with E-state index in [0.29, 0.717) is 17.0 Å². The zero-order valence-corrected chi connectivity index (χ0v) is 9.07. The normalized spacial score (nSPS) is 12.5. The Bertz CT molecular complexity index is 380. The van der Waals surface area contributed by atoms with E-state index < -0.39 is 0 Å². The molecule has 1 aromatic carbocycles. The summed E-state index contributed by atoms with van der Waals surface area (Å²) in [5, 5.41) is 18.4. The first-order valence-electron chi connectivity index (χ1n) is 5.03. The molecule has 0 unspecified atom stereocenters. The lowest BCUT2D eigenvalue weighted by atomic mass is 9.96. The van der Waals surface area contributed by atoms with Gasteiger partial charge in [-0.25, -0.2) is 0 Å². The first-order valence-corrected chi connectivity index (χ1v) is 5.03. The van der Waals surface area contributed by atoms with E-state index >= 15 is 0 Å². The molecule has 0 aromatic heterocycles. The molecule has 1 aromatic rings. The van der Waals surface area contributed by atoms with Crippen molar-refractivity contribution in [2.45, 2.75) is 26.3 Å². The largest absolute Gasteiger partial charge is 0.508 e. The van der Waals surface area contributed by atoms with Crippen molar-refractivity contribution in [1.29, 1.82) is 5.26 Å². The van der Waals surface area contributed by atoms with Crippen molar-refractivity contribution in [1.82, 2.24) is 0 Å². The first kappa shape index (κ1) is 11.5. The van der Waals surface area contributed by atoms with Gasteiger partial charge in [0.25, 0.3) is 0 Å². The topological polar surface area (TPSA) is 70.0 Å². The smallest absolute Gasteiger partial charge is 0.120 e. The maximum absolute atomic E-state index is 9.62. The molecule has 0 spiro atoms. The van der Waals surface area contributed by atoms with Crippen molar-refractivity contribution in [2.24, 2.45) is 11.7 Å². The Hall–Kier alpha value is -1.53. The fourth-order valence-electron chi connectivity index (χ4n) is 1.56. The minimum atomic E-state index is -0.210. The molecular formula is C12H16N2O. The minimum Gasteiger partial charge on any atom is -0.508 e. The number of nitrogens with two attached hydrogens (primary N) is 1. The number of phenolic OH excluding ortho intramolecular Hbond substituents is 1. The number of hydrogen-bond donors (Lipinski definition) is 2. The third-order valence-electron chi connectivity index (χ3n) is 2.28. The Morgan fingerprint density at radius 2 is 2.13 bits per heavy atom. The van der Waals surface area contributed by atoms with E-state index in [9.17, 15) is 5.11 Å². The molecule has 0 radical (unpaired) electrons. The van der Waals surface area contributed by atoms with Gasteiger partial charge < -0.3 is 10.8 Å². The van der Waals surface area contributed by atoms with Crippen molar-refractivity contribution < 1.29 is 5.11 Å². The van der Waals surface area contributed by atoms with Crippen LogP contribution < -0.4 is 5.73 Å². The zero-order chi connectivity index (χ0) is 11.4. The molecule has 0 aliphatic heterocycles. The maximum atomic E-state index is 9.62. The SMILES string of the molecule is CC(C)C[C@@H](N)c1cc(C#N)ccc1O. The number of hydrogen-bond acceptors (Lipinski definition) is 3. The molecule has 3 N–H and O–H groups in total. The molecule has 0 saturated heterocycles. The molecule has 0 heterocycles. The van der Waals surface area contributed by atoms with Gasteiger partial charge in [0.05, 0.1) is 11.6 Å². The van der Waals surface area contributed by atoms with Crippen molar-refractivity contribution >= 4 is 0 Å². The van der Waals surface area contributed by atoms with Gasteiger partial charge in [0.2, 0.25) is 0 Å². The Labute approximate surface area is 90.1 Å². The Morgan fingerprint density at radius 1 is 1.47 bits per heavy atom. The van der Waals surface area contributed by atoms with Crippen LogP contribution >= 0.6 is 0 Å². The molecule has 3 nitrogen and oxygen atoms in total. The standard InChI is InChI=1S/C12H16N2O/c1-8(2)5-11(14)10-6-9(7-13)3-4-12(10)15/h3-4,6,8,11,15H,5,14H2,1-2H3/t11-/m1/s1. The monoisotopic (exact) mass is 204 g/mol. The highest BCUT2D eigenvalue weighted by Crippen LogP contribution is 2.27. The Morgan fingerprint density at radius 3 is 2.67 bits per heavy atom. The van der Waals surface area contributed by atoms with Crippen molar-refractivity contribution in [3.63, 3.8) is 0 Å². The van der Waals surface area contributed by atoms with E-state index in [1.807, 2.05) is 6.07 Å². The van der Waals surface area contributed by atoms with E-state index in [2.05, 4.69) is 13.8 Å². The number of rotatable bonds is 3. The van der Waals surface area contributed by atoms with Crippen LogP contribution in [0.4, 0.5) is 0 Å². The molecule has 0 aliphatic carbocycles. The second-order valence-electron chi connectivity index (χ2n) is 4.12. The summed E-state index contributed by atoms with van der Waals surface area (Å²) >= 11 is 0. The molecule has 0 bridgehead atoms. The van der Waals surface area contributed by atoms with Crippen LogP contribution in [0.2, 0.25) is 0 Å². The molecule has 0 saturated carbocycles. The Kier molecular flexibility index (Phi) is 3.70. The van der Waals surface area contributed by atoms with Crippen LogP contribution in [0.1, 0.15) is 37.4 Å². The van der Waals surface area contributed by atoms with Gasteiger partial charge >= 0.3 is 0 Å². The van der Waals surface area contributed by atoms with Crippen LogP contribution in [0.25, 0.3) is 0 Å².